The normalized spacial score (nSPS) is 50.8. The van der Waals surface area contributed by atoms with Crippen molar-refractivity contribution < 1.29 is 19.2 Å². The number of fused-ring (bicyclic) bond motifs is 3. The third kappa shape index (κ3) is 0.819. The average molecular weight is 233 g/mol. The van der Waals surface area contributed by atoms with Crippen molar-refractivity contribution in [1.82, 2.24) is 4.90 Å². The maximum Gasteiger partial charge on any atom is 0.240 e. The Hall–Kier alpha value is -1.52. The lowest BCUT2D eigenvalue weighted by molar-refractivity contribution is -0.143. The van der Waals surface area contributed by atoms with Gasteiger partial charge in [0.2, 0.25) is 11.8 Å². The molecule has 0 N–H and O–H groups in total. The number of carbonyl (C=O) groups excluding carboxylic acids is 4. The number of hydrogen-bond donors (Lipinski definition) is 0. The summed E-state index contributed by atoms with van der Waals surface area (Å²) in [7, 11) is 1.43. The molecule has 1 saturated heterocycles. The van der Waals surface area contributed by atoms with E-state index in [4.69, 9.17) is 0 Å². The zero-order valence-electron chi connectivity index (χ0n) is 9.25. The minimum atomic E-state index is -0.854. The van der Waals surface area contributed by atoms with Crippen LogP contribution in [0.15, 0.2) is 0 Å². The molecule has 0 radical (unpaired) electrons. The Labute approximate surface area is 97.1 Å². The molecule has 1 heterocycles. The van der Waals surface area contributed by atoms with Crippen LogP contribution in [-0.4, -0.2) is 35.3 Å². The Morgan fingerprint density at radius 2 is 1.71 bits per heavy atom. The van der Waals surface area contributed by atoms with E-state index < -0.39 is 23.7 Å². The number of likely N-dealkylation sites (tertiary alicyclic amines) is 1. The zero-order chi connectivity index (χ0) is 12.1. The van der Waals surface area contributed by atoms with Crippen LogP contribution in [0.5, 0.6) is 0 Å². The molecule has 4 fully saturated rings. The van der Waals surface area contributed by atoms with Crippen LogP contribution in [0.1, 0.15) is 6.42 Å². The lowest BCUT2D eigenvalue weighted by atomic mass is 9.72. The van der Waals surface area contributed by atoms with Gasteiger partial charge in [-0.25, -0.2) is 0 Å². The number of hydrogen-bond acceptors (Lipinski definition) is 4. The second kappa shape index (κ2) is 2.49. The Kier molecular flexibility index (Phi) is 1.39. The van der Waals surface area contributed by atoms with Crippen LogP contribution in [0.25, 0.3) is 0 Å². The Bertz CT molecular complexity index is 511. The summed E-state index contributed by atoms with van der Waals surface area (Å²) in [4.78, 5) is 48.8. The molecule has 0 unspecified atom stereocenters. The van der Waals surface area contributed by atoms with Crippen LogP contribution >= 0.6 is 0 Å². The van der Waals surface area contributed by atoms with Crippen molar-refractivity contribution in [2.45, 2.75) is 6.42 Å². The van der Waals surface area contributed by atoms with E-state index in [1.807, 2.05) is 0 Å². The van der Waals surface area contributed by atoms with Crippen LogP contribution in [0, 0.1) is 35.5 Å². The van der Waals surface area contributed by atoms with Crippen molar-refractivity contribution in [1.29, 1.82) is 0 Å². The van der Waals surface area contributed by atoms with Gasteiger partial charge in [0.05, 0.1) is 11.8 Å². The Balaban J connectivity index is 1.84. The summed E-state index contributed by atoms with van der Waals surface area (Å²) < 4.78 is 0. The van der Waals surface area contributed by atoms with Crippen LogP contribution in [0.3, 0.4) is 0 Å². The van der Waals surface area contributed by atoms with E-state index in [2.05, 4.69) is 0 Å². The van der Waals surface area contributed by atoms with Crippen LogP contribution in [0.2, 0.25) is 0 Å². The predicted octanol–water partition coefficient (Wildman–Crippen LogP) is -0.749. The molecular weight excluding hydrogens is 222 g/mol. The predicted molar refractivity (Wildman–Crippen MR) is 53.3 cm³/mol. The van der Waals surface area contributed by atoms with Gasteiger partial charge >= 0.3 is 0 Å². The molecule has 0 aromatic carbocycles. The van der Waals surface area contributed by atoms with Gasteiger partial charge in [-0.1, -0.05) is 0 Å². The minimum Gasteiger partial charge on any atom is -0.299 e. The van der Waals surface area contributed by atoms with E-state index >= 15 is 0 Å². The molecule has 4 rings (SSSR count). The number of ketones is 2. The van der Waals surface area contributed by atoms with Gasteiger partial charge in [-0.05, 0) is 17.8 Å². The van der Waals surface area contributed by atoms with E-state index in [9.17, 15) is 19.2 Å². The van der Waals surface area contributed by atoms with Gasteiger partial charge in [0.1, 0.15) is 11.7 Å². The fourth-order valence-corrected chi connectivity index (χ4v) is 4.31. The highest BCUT2D eigenvalue weighted by Gasteiger charge is 2.75. The zero-order valence-corrected chi connectivity index (χ0v) is 9.25. The van der Waals surface area contributed by atoms with Crippen molar-refractivity contribution in [2.24, 2.45) is 35.5 Å². The number of nitrogens with zero attached hydrogens (tertiary/aromatic N) is 1. The summed E-state index contributed by atoms with van der Waals surface area (Å²) in [5.74, 6) is -2.45. The number of imide groups is 1. The molecule has 0 aromatic heterocycles. The SMILES string of the molecule is CN1C(=O)[C@H]2C(=O)[C@H]3C(=O)C[C@@H]4[C@H]3[C@@H]4[C@H]2C1=O. The van der Waals surface area contributed by atoms with Crippen molar-refractivity contribution in [3.8, 4) is 0 Å². The molecule has 5 heteroatoms. The lowest BCUT2D eigenvalue weighted by Crippen LogP contribution is -2.42. The van der Waals surface area contributed by atoms with Crippen LogP contribution < -0.4 is 0 Å². The van der Waals surface area contributed by atoms with Gasteiger partial charge in [-0.15, -0.1) is 0 Å². The molecular formula is C12H11NO4. The van der Waals surface area contributed by atoms with Gasteiger partial charge in [0, 0.05) is 13.5 Å². The molecule has 2 amide bonds. The molecule has 17 heavy (non-hydrogen) atoms. The van der Waals surface area contributed by atoms with Crippen molar-refractivity contribution in [3.05, 3.63) is 0 Å². The molecule has 6 atom stereocenters. The maximum absolute atomic E-state index is 12.2. The summed E-state index contributed by atoms with van der Waals surface area (Å²) >= 11 is 0. The van der Waals surface area contributed by atoms with Crippen molar-refractivity contribution >= 4 is 23.4 Å². The highest BCUT2D eigenvalue weighted by Crippen LogP contribution is 2.68. The lowest BCUT2D eigenvalue weighted by Gasteiger charge is -2.25. The second-order valence-electron chi connectivity index (χ2n) is 5.61. The monoisotopic (exact) mass is 233 g/mol. The van der Waals surface area contributed by atoms with Crippen LogP contribution in [0.4, 0.5) is 0 Å². The molecule has 0 spiro atoms. The summed E-state index contributed by atoms with van der Waals surface area (Å²) in [6.45, 7) is 0. The van der Waals surface area contributed by atoms with E-state index in [-0.39, 0.29) is 35.2 Å². The third-order valence-electron chi connectivity index (χ3n) is 5.06. The highest BCUT2D eigenvalue weighted by atomic mass is 16.2. The second-order valence-corrected chi connectivity index (χ2v) is 5.61. The topological polar surface area (TPSA) is 71.5 Å². The van der Waals surface area contributed by atoms with E-state index in [0.717, 1.165) is 4.90 Å². The first-order valence-electron chi connectivity index (χ1n) is 5.92. The molecule has 0 bridgehead atoms. The molecule has 4 aliphatic rings. The van der Waals surface area contributed by atoms with Crippen molar-refractivity contribution in [2.75, 3.05) is 7.05 Å². The van der Waals surface area contributed by atoms with Crippen LogP contribution in [-0.2, 0) is 19.2 Å². The number of amides is 2. The van der Waals surface area contributed by atoms with Gasteiger partial charge in [-0.3, -0.25) is 24.1 Å². The molecule has 5 nitrogen and oxygen atoms in total. The van der Waals surface area contributed by atoms with Gasteiger partial charge in [0.25, 0.3) is 0 Å². The Morgan fingerprint density at radius 3 is 2.41 bits per heavy atom. The molecule has 3 aliphatic carbocycles. The maximum atomic E-state index is 12.2. The van der Waals surface area contributed by atoms with Gasteiger partial charge in [-0.2, -0.15) is 0 Å². The first-order valence-corrected chi connectivity index (χ1v) is 5.92. The quantitative estimate of drug-likeness (QED) is 0.408. The summed E-state index contributed by atoms with van der Waals surface area (Å²) in [5, 5.41) is 0. The van der Waals surface area contributed by atoms with E-state index in [1.165, 1.54) is 7.05 Å². The Morgan fingerprint density at radius 1 is 1.00 bits per heavy atom. The number of rotatable bonds is 0. The molecule has 3 saturated carbocycles. The first-order chi connectivity index (χ1) is 8.04. The molecule has 88 valence electrons. The first kappa shape index (κ1) is 9.50. The third-order valence-corrected chi connectivity index (χ3v) is 5.06. The van der Waals surface area contributed by atoms with Gasteiger partial charge < -0.3 is 0 Å². The molecule has 0 aromatic rings. The summed E-state index contributed by atoms with van der Waals surface area (Å²) in [5.41, 5.74) is 0. The van der Waals surface area contributed by atoms with E-state index in [1.54, 1.807) is 0 Å². The van der Waals surface area contributed by atoms with Gasteiger partial charge in [0.15, 0.2) is 5.78 Å². The molecule has 1 aliphatic heterocycles. The van der Waals surface area contributed by atoms with Crippen molar-refractivity contribution in [3.63, 3.8) is 0 Å². The summed E-state index contributed by atoms with van der Waals surface area (Å²) in [6, 6.07) is 0. The average Bonchev–Trinajstić information content (AvgIpc) is 2.77. The summed E-state index contributed by atoms with van der Waals surface area (Å²) in [6.07, 6.45) is 0.431. The number of Topliss-reactive ketones (excluding diaryl/α,β-unsaturated/α-hetero) is 2. The fourth-order valence-electron chi connectivity index (χ4n) is 4.31. The fraction of sp³-hybridized carbons (Fsp3) is 0.667. The minimum absolute atomic E-state index is 0.0190. The standard InChI is InChI=1S/C12H11NO4/c1-13-11(16)8-6-3-2-4(14)7(5(3)6)10(15)9(8)12(13)17/h3,5-9H,2H2,1H3/t3-,5+,6-,7+,8-,9-/m1/s1. The largest absolute Gasteiger partial charge is 0.299 e. The smallest absolute Gasteiger partial charge is 0.240 e. The van der Waals surface area contributed by atoms with E-state index in [0.29, 0.717) is 6.42 Å². The number of carbonyl (C=O) groups is 4. The highest BCUT2D eigenvalue weighted by molar-refractivity contribution is 6.21.